The molecular weight excluding hydrogens is 825 g/mol. The molecule has 1 N–H and O–H groups in total. The van der Waals surface area contributed by atoms with Gasteiger partial charge in [0.25, 0.3) is 0 Å². The van der Waals surface area contributed by atoms with Gasteiger partial charge >= 0.3 is 12.2 Å². The Morgan fingerprint density at radius 3 is 0.909 bits per heavy atom. The van der Waals surface area contributed by atoms with Gasteiger partial charge in [0.1, 0.15) is 5.60 Å². The number of nitrogens with zero attached hydrogens (tertiary/aromatic N) is 4. The van der Waals surface area contributed by atoms with Gasteiger partial charge in [-0.3, -0.25) is 9.59 Å². The lowest BCUT2D eigenvalue weighted by Crippen LogP contribution is -2.34. The molecule has 6 aromatic carbocycles. The van der Waals surface area contributed by atoms with Crippen LogP contribution in [0.4, 0.5) is 9.59 Å². The lowest BCUT2D eigenvalue weighted by Gasteiger charge is -2.26. The van der Waals surface area contributed by atoms with Gasteiger partial charge in [0, 0.05) is 67.2 Å². The number of benzene rings is 6. The summed E-state index contributed by atoms with van der Waals surface area (Å²) in [4.78, 5) is 58.0. The van der Waals surface area contributed by atoms with Crippen molar-refractivity contribution in [1.82, 2.24) is 19.6 Å². The first-order valence-corrected chi connectivity index (χ1v) is 23.8. The Morgan fingerprint density at radius 1 is 0.409 bits per heavy atom. The van der Waals surface area contributed by atoms with Gasteiger partial charge in [-0.2, -0.15) is 0 Å². The standard InChI is InChI=1S/C56H70N4O6/c1-56(2,3)66-55(65)60(7)39-51-46-32-24-20-28-42(46)49(43-29-21-25-33-47(43)51)37-58(5)53(62)35-17-15-13-11-9-8-10-12-14-16-34-52(61)57(4)36-48-40-26-18-22-30-44(40)50(38-59(6)54(63)64)45-31-23-19-27-41(45)48/h18-33H,8-17,34-39H2,1-7H3,(H,63,64). The molecule has 0 unspecified atom stereocenters. The van der Waals surface area contributed by atoms with E-state index in [1.807, 2.05) is 105 Å². The summed E-state index contributed by atoms with van der Waals surface area (Å²) in [5, 5.41) is 18.1. The fourth-order valence-corrected chi connectivity index (χ4v) is 9.24. The predicted molar refractivity (Wildman–Crippen MR) is 268 cm³/mol. The molecule has 0 saturated carbocycles. The third kappa shape index (κ3) is 12.6. The molecule has 0 aliphatic rings. The number of carboxylic acid groups (broad SMARTS) is 1. The molecule has 6 aromatic rings. The number of fused-ring (bicyclic) bond motifs is 4. The lowest BCUT2D eigenvalue weighted by molar-refractivity contribution is -0.131. The zero-order chi connectivity index (χ0) is 47.4. The second-order valence-electron chi connectivity index (χ2n) is 19.1. The minimum absolute atomic E-state index is 0.139. The fourth-order valence-electron chi connectivity index (χ4n) is 9.24. The maximum absolute atomic E-state index is 13.4. The van der Waals surface area contributed by atoms with Crippen LogP contribution in [0.3, 0.4) is 0 Å². The third-order valence-corrected chi connectivity index (χ3v) is 12.8. The Morgan fingerprint density at radius 2 is 0.652 bits per heavy atom. The highest BCUT2D eigenvalue weighted by molar-refractivity contribution is 6.07. The Labute approximate surface area is 391 Å². The molecule has 0 radical (unpaired) electrons. The average molecular weight is 895 g/mol. The van der Waals surface area contributed by atoms with Gasteiger partial charge in [-0.25, -0.2) is 9.59 Å². The molecule has 66 heavy (non-hydrogen) atoms. The SMILES string of the molecule is CN(Cc1c2ccccc2c(CN(C)C(=O)CCCCCCCCCCCCC(=O)N(C)Cc2c3ccccc3c(CN(C)C(=O)OC(C)(C)C)c3ccccc23)c2ccccc12)C(=O)O. The van der Waals surface area contributed by atoms with Crippen LogP contribution in [0.5, 0.6) is 0 Å². The molecule has 0 aliphatic carbocycles. The van der Waals surface area contributed by atoms with Crippen molar-refractivity contribution in [2.45, 2.75) is 130 Å². The number of rotatable bonds is 21. The van der Waals surface area contributed by atoms with E-state index in [4.69, 9.17) is 4.74 Å². The van der Waals surface area contributed by atoms with Crippen LogP contribution < -0.4 is 0 Å². The van der Waals surface area contributed by atoms with E-state index in [0.717, 1.165) is 104 Å². The van der Waals surface area contributed by atoms with Crippen LogP contribution in [0.25, 0.3) is 43.1 Å². The molecule has 350 valence electrons. The summed E-state index contributed by atoms with van der Waals surface area (Å²) in [7, 11) is 7.15. The molecule has 0 fully saturated rings. The zero-order valence-electron chi connectivity index (χ0n) is 40.3. The maximum atomic E-state index is 13.4. The van der Waals surface area contributed by atoms with Crippen LogP contribution in [0.1, 0.15) is 120 Å². The maximum Gasteiger partial charge on any atom is 0.410 e. The van der Waals surface area contributed by atoms with Crippen molar-refractivity contribution in [3.63, 3.8) is 0 Å². The van der Waals surface area contributed by atoms with Gasteiger partial charge in [-0.05, 0) is 99.0 Å². The van der Waals surface area contributed by atoms with Crippen LogP contribution in [0.15, 0.2) is 97.1 Å². The van der Waals surface area contributed by atoms with Crippen LogP contribution in [-0.4, -0.2) is 82.5 Å². The highest BCUT2D eigenvalue weighted by Crippen LogP contribution is 2.36. The molecule has 0 atom stereocenters. The summed E-state index contributed by atoms with van der Waals surface area (Å²) < 4.78 is 5.65. The van der Waals surface area contributed by atoms with E-state index in [1.54, 1.807) is 19.0 Å². The van der Waals surface area contributed by atoms with Crippen molar-refractivity contribution in [3.05, 3.63) is 119 Å². The van der Waals surface area contributed by atoms with E-state index >= 15 is 0 Å². The number of hydrogen-bond acceptors (Lipinski definition) is 5. The number of carbonyl (C=O) groups is 4. The van der Waals surface area contributed by atoms with E-state index in [0.29, 0.717) is 32.5 Å². The van der Waals surface area contributed by atoms with Crippen LogP contribution in [0, 0.1) is 0 Å². The summed E-state index contributed by atoms with van der Waals surface area (Å²) in [6, 6.07) is 32.8. The number of hydrogen-bond donors (Lipinski definition) is 1. The quantitative estimate of drug-likeness (QED) is 0.0569. The first-order chi connectivity index (χ1) is 31.6. The topological polar surface area (TPSA) is 111 Å². The molecule has 0 aromatic heterocycles. The van der Waals surface area contributed by atoms with E-state index in [-0.39, 0.29) is 24.5 Å². The van der Waals surface area contributed by atoms with Crippen molar-refractivity contribution in [3.8, 4) is 0 Å². The molecule has 0 heterocycles. The number of amides is 4. The second-order valence-corrected chi connectivity index (χ2v) is 19.1. The van der Waals surface area contributed by atoms with E-state index in [9.17, 15) is 24.3 Å². The van der Waals surface area contributed by atoms with Gasteiger partial charge in [0.15, 0.2) is 0 Å². The van der Waals surface area contributed by atoms with Crippen molar-refractivity contribution in [2.75, 3.05) is 28.2 Å². The Balaban J connectivity index is 0.894. The number of carbonyl (C=O) groups excluding carboxylic acids is 3. The molecule has 10 heteroatoms. The van der Waals surface area contributed by atoms with E-state index < -0.39 is 11.7 Å². The molecule has 10 nitrogen and oxygen atoms in total. The second kappa shape index (κ2) is 22.8. The molecule has 0 aliphatic heterocycles. The zero-order valence-corrected chi connectivity index (χ0v) is 40.3. The third-order valence-electron chi connectivity index (χ3n) is 12.8. The Hall–Kier alpha value is -6.16. The van der Waals surface area contributed by atoms with Crippen molar-refractivity contribution < 1.29 is 29.0 Å². The first-order valence-electron chi connectivity index (χ1n) is 23.8. The first kappa shape index (κ1) is 49.3. The smallest absolute Gasteiger partial charge is 0.410 e. The van der Waals surface area contributed by atoms with Crippen LogP contribution >= 0.6 is 0 Å². The number of unbranched alkanes of at least 4 members (excludes halogenated alkanes) is 9. The molecule has 0 saturated heterocycles. The summed E-state index contributed by atoms with van der Waals surface area (Å²) in [5.41, 5.74) is 3.66. The van der Waals surface area contributed by atoms with E-state index in [2.05, 4.69) is 36.4 Å². The summed E-state index contributed by atoms with van der Waals surface area (Å²) >= 11 is 0. The molecular formula is C56H70N4O6. The average Bonchev–Trinajstić information content (AvgIpc) is 3.30. The minimum Gasteiger partial charge on any atom is -0.465 e. The molecule has 6 rings (SSSR count). The summed E-state index contributed by atoms with van der Waals surface area (Å²) in [6.07, 6.45) is 10.5. The van der Waals surface area contributed by atoms with Crippen LogP contribution in [-0.2, 0) is 40.5 Å². The minimum atomic E-state index is -0.969. The van der Waals surface area contributed by atoms with Crippen molar-refractivity contribution >= 4 is 67.1 Å². The van der Waals surface area contributed by atoms with Crippen molar-refractivity contribution in [1.29, 1.82) is 0 Å². The molecule has 4 amide bonds. The highest BCUT2D eigenvalue weighted by Gasteiger charge is 2.23. The molecule has 0 spiro atoms. The van der Waals surface area contributed by atoms with Gasteiger partial charge in [0.2, 0.25) is 11.8 Å². The highest BCUT2D eigenvalue weighted by atomic mass is 16.6. The van der Waals surface area contributed by atoms with Gasteiger partial charge in [0.05, 0.1) is 0 Å². The largest absolute Gasteiger partial charge is 0.465 e. The number of ether oxygens (including phenoxy) is 1. The summed E-state index contributed by atoms with van der Waals surface area (Å²) in [6.45, 7) is 7.30. The lowest BCUT2D eigenvalue weighted by atomic mass is 9.91. The normalized spacial score (nSPS) is 11.6. The predicted octanol–water partition coefficient (Wildman–Crippen LogP) is 13.1. The Bertz CT molecular complexity index is 2540. The summed E-state index contributed by atoms with van der Waals surface area (Å²) in [5.74, 6) is 0.292. The Kier molecular flexibility index (Phi) is 17.1. The monoisotopic (exact) mass is 895 g/mol. The van der Waals surface area contributed by atoms with Gasteiger partial charge in [-0.15, -0.1) is 0 Å². The fraction of sp³-hybridized carbons (Fsp3) is 0.429. The molecule has 0 bridgehead atoms. The van der Waals surface area contributed by atoms with Crippen LogP contribution in [0.2, 0.25) is 0 Å². The van der Waals surface area contributed by atoms with E-state index in [1.165, 1.54) is 30.6 Å². The van der Waals surface area contributed by atoms with Gasteiger partial charge < -0.3 is 29.4 Å². The van der Waals surface area contributed by atoms with Crippen molar-refractivity contribution in [2.24, 2.45) is 0 Å². The van der Waals surface area contributed by atoms with Gasteiger partial charge in [-0.1, -0.05) is 148 Å².